The molecular formula is C4H9NO3. The first-order chi connectivity index (χ1) is 3.72. The van der Waals surface area contributed by atoms with Crippen molar-refractivity contribution in [2.24, 2.45) is 5.73 Å². The lowest BCUT2D eigenvalue weighted by molar-refractivity contribution is -0.127. The number of aliphatic hydroxyl groups is 2. The van der Waals surface area contributed by atoms with Crippen molar-refractivity contribution in [1.82, 2.24) is 0 Å². The van der Waals surface area contributed by atoms with Gasteiger partial charge in [0.2, 0.25) is 0 Å². The van der Waals surface area contributed by atoms with Gasteiger partial charge < -0.3 is 15.9 Å². The molecule has 0 radical (unpaired) electrons. The van der Waals surface area contributed by atoms with Crippen LogP contribution in [0.1, 0.15) is 0 Å². The van der Waals surface area contributed by atoms with E-state index in [-0.39, 0.29) is 6.54 Å². The third-order valence-corrected chi connectivity index (χ3v) is 0.746. The third kappa shape index (κ3) is 2.02. The van der Waals surface area contributed by atoms with Crippen LogP contribution in [0.5, 0.6) is 0 Å². The number of Topliss-reactive ketones (excluding diaryl/α,β-unsaturated/α-hetero) is 1. The summed E-state index contributed by atoms with van der Waals surface area (Å²) in [4.78, 5) is 10.2. The molecule has 4 N–H and O–H groups in total. The minimum Gasteiger partial charge on any atom is -0.393 e. The average molecular weight is 119 g/mol. The Morgan fingerprint density at radius 3 is 2.38 bits per heavy atom. The fourth-order valence-corrected chi connectivity index (χ4v) is 0.238. The first-order valence-electron chi connectivity index (χ1n) is 2.24. The smallest absolute Gasteiger partial charge is 0.177 e. The Kier molecular flexibility index (Phi) is 3.34. The Labute approximate surface area is 46.9 Å². The maximum Gasteiger partial charge on any atom is 0.177 e. The van der Waals surface area contributed by atoms with Gasteiger partial charge in [-0.1, -0.05) is 0 Å². The lowest BCUT2D eigenvalue weighted by atomic mass is 10.2. The van der Waals surface area contributed by atoms with Crippen molar-refractivity contribution in [3.63, 3.8) is 0 Å². The summed E-state index contributed by atoms with van der Waals surface area (Å²) in [5.41, 5.74) is 4.83. The highest BCUT2D eigenvalue weighted by Crippen LogP contribution is 1.79. The van der Waals surface area contributed by atoms with E-state index in [9.17, 15) is 4.79 Å². The maximum atomic E-state index is 10.2. The Morgan fingerprint density at radius 2 is 2.25 bits per heavy atom. The Balaban J connectivity index is 3.46. The van der Waals surface area contributed by atoms with Gasteiger partial charge in [-0.3, -0.25) is 4.79 Å². The molecular weight excluding hydrogens is 110 g/mol. The molecule has 0 aliphatic heterocycles. The normalized spacial score (nSPS) is 13.4. The van der Waals surface area contributed by atoms with E-state index in [1.807, 2.05) is 0 Å². The molecule has 0 aromatic heterocycles. The van der Waals surface area contributed by atoms with Crippen molar-refractivity contribution in [3.8, 4) is 0 Å². The molecule has 0 spiro atoms. The first-order valence-corrected chi connectivity index (χ1v) is 2.24. The minimum absolute atomic E-state index is 0.221. The van der Waals surface area contributed by atoms with Gasteiger partial charge in [0.05, 0.1) is 13.2 Å². The van der Waals surface area contributed by atoms with Crippen LogP contribution in [0.4, 0.5) is 0 Å². The molecule has 0 amide bonds. The van der Waals surface area contributed by atoms with E-state index in [1.165, 1.54) is 0 Å². The fraction of sp³-hybridized carbons (Fsp3) is 0.750. The van der Waals surface area contributed by atoms with Crippen LogP contribution in [-0.2, 0) is 4.79 Å². The first kappa shape index (κ1) is 7.55. The highest BCUT2D eigenvalue weighted by atomic mass is 16.3. The van der Waals surface area contributed by atoms with Crippen molar-refractivity contribution in [3.05, 3.63) is 0 Å². The van der Waals surface area contributed by atoms with Gasteiger partial charge in [0.15, 0.2) is 5.78 Å². The molecule has 0 bridgehead atoms. The molecule has 0 saturated heterocycles. The number of hydrogen-bond donors (Lipinski definition) is 3. The van der Waals surface area contributed by atoms with Gasteiger partial charge >= 0.3 is 0 Å². The molecule has 48 valence electrons. The Hall–Kier alpha value is -0.450. The average Bonchev–Trinajstić information content (AvgIpc) is 1.84. The molecule has 4 nitrogen and oxygen atoms in total. The highest BCUT2D eigenvalue weighted by Gasteiger charge is 2.09. The highest BCUT2D eigenvalue weighted by molar-refractivity contribution is 5.84. The number of aliphatic hydroxyl groups excluding tert-OH is 2. The summed E-state index contributed by atoms with van der Waals surface area (Å²) in [6.45, 7) is -0.766. The van der Waals surface area contributed by atoms with E-state index in [4.69, 9.17) is 15.9 Å². The number of hydrogen-bond acceptors (Lipinski definition) is 4. The summed E-state index contributed by atoms with van der Waals surface area (Å²) < 4.78 is 0. The summed E-state index contributed by atoms with van der Waals surface area (Å²) in [7, 11) is 0. The van der Waals surface area contributed by atoms with Crippen molar-refractivity contribution in [2.75, 3.05) is 13.2 Å². The lowest BCUT2D eigenvalue weighted by Crippen LogP contribution is -2.30. The number of nitrogens with two attached hydrogens (primary N) is 1. The standard InChI is InChI=1S/C4H9NO3/c5-1-3(7)4(8)2-6/h4,6,8H,1-2,5H2. The van der Waals surface area contributed by atoms with Crippen LogP contribution in [0.25, 0.3) is 0 Å². The molecule has 0 aliphatic rings. The molecule has 0 rings (SSSR count). The molecule has 0 aromatic carbocycles. The monoisotopic (exact) mass is 119 g/mol. The van der Waals surface area contributed by atoms with Crippen molar-refractivity contribution < 1.29 is 15.0 Å². The molecule has 0 aliphatic carbocycles. The second-order valence-electron chi connectivity index (χ2n) is 1.37. The largest absolute Gasteiger partial charge is 0.393 e. The van der Waals surface area contributed by atoms with Crippen LogP contribution in [0.2, 0.25) is 0 Å². The Bertz CT molecular complexity index is 83.4. The van der Waals surface area contributed by atoms with Crippen LogP contribution in [0, 0.1) is 0 Å². The van der Waals surface area contributed by atoms with Crippen LogP contribution in [0.15, 0.2) is 0 Å². The van der Waals surface area contributed by atoms with Crippen LogP contribution in [0.3, 0.4) is 0 Å². The van der Waals surface area contributed by atoms with Crippen molar-refractivity contribution >= 4 is 5.78 Å². The second-order valence-corrected chi connectivity index (χ2v) is 1.37. The van der Waals surface area contributed by atoms with Gasteiger partial charge in [-0.05, 0) is 0 Å². The molecule has 1 unspecified atom stereocenters. The molecule has 0 saturated carbocycles. The topological polar surface area (TPSA) is 83.6 Å². The zero-order valence-corrected chi connectivity index (χ0v) is 4.37. The van der Waals surface area contributed by atoms with Crippen LogP contribution >= 0.6 is 0 Å². The second kappa shape index (κ2) is 3.54. The Morgan fingerprint density at radius 1 is 1.75 bits per heavy atom. The predicted molar refractivity (Wildman–Crippen MR) is 27.2 cm³/mol. The van der Waals surface area contributed by atoms with Crippen LogP contribution < -0.4 is 5.73 Å². The number of carbonyl (C=O) groups excluding carboxylic acids is 1. The molecule has 0 heterocycles. The summed E-state index contributed by atoms with van der Waals surface area (Å²) >= 11 is 0. The summed E-state index contributed by atoms with van der Waals surface area (Å²) in [6.07, 6.45) is -1.29. The van der Waals surface area contributed by atoms with E-state index in [0.717, 1.165) is 0 Å². The summed E-state index contributed by atoms with van der Waals surface area (Å²) in [5.74, 6) is -0.535. The van der Waals surface area contributed by atoms with Crippen molar-refractivity contribution in [1.29, 1.82) is 0 Å². The molecule has 0 fully saturated rings. The SMILES string of the molecule is NCC(=O)C(O)CO. The van der Waals surface area contributed by atoms with Gasteiger partial charge in [-0.15, -0.1) is 0 Å². The molecule has 8 heavy (non-hydrogen) atoms. The lowest BCUT2D eigenvalue weighted by Gasteiger charge is -2.00. The number of rotatable bonds is 3. The quantitative estimate of drug-likeness (QED) is 0.396. The van der Waals surface area contributed by atoms with E-state index in [1.54, 1.807) is 0 Å². The maximum absolute atomic E-state index is 10.2. The van der Waals surface area contributed by atoms with Gasteiger partial charge in [0, 0.05) is 0 Å². The zero-order chi connectivity index (χ0) is 6.57. The van der Waals surface area contributed by atoms with Gasteiger partial charge in [0.25, 0.3) is 0 Å². The number of carbonyl (C=O) groups is 1. The van der Waals surface area contributed by atoms with Gasteiger partial charge in [0.1, 0.15) is 6.10 Å². The molecule has 1 atom stereocenters. The van der Waals surface area contributed by atoms with Crippen LogP contribution in [-0.4, -0.2) is 35.3 Å². The predicted octanol–water partition coefficient (Wildman–Crippen LogP) is -2.13. The third-order valence-electron chi connectivity index (χ3n) is 0.746. The van der Waals surface area contributed by atoms with E-state index < -0.39 is 18.5 Å². The zero-order valence-electron chi connectivity index (χ0n) is 4.37. The van der Waals surface area contributed by atoms with Crippen molar-refractivity contribution in [2.45, 2.75) is 6.10 Å². The fourth-order valence-electron chi connectivity index (χ4n) is 0.238. The van der Waals surface area contributed by atoms with E-state index >= 15 is 0 Å². The van der Waals surface area contributed by atoms with Gasteiger partial charge in [-0.25, -0.2) is 0 Å². The van der Waals surface area contributed by atoms with E-state index in [0.29, 0.717) is 0 Å². The minimum atomic E-state index is -1.29. The molecule has 0 aromatic rings. The van der Waals surface area contributed by atoms with E-state index in [2.05, 4.69) is 0 Å². The van der Waals surface area contributed by atoms with Gasteiger partial charge in [-0.2, -0.15) is 0 Å². The number of ketones is 1. The molecule has 4 heteroatoms. The summed E-state index contributed by atoms with van der Waals surface area (Å²) in [6, 6.07) is 0. The summed E-state index contributed by atoms with van der Waals surface area (Å²) in [5, 5.41) is 16.6.